The van der Waals surface area contributed by atoms with Gasteiger partial charge in [0.15, 0.2) is 11.6 Å². The Bertz CT molecular complexity index is 1490. The molecule has 1 amide bonds. The molecule has 0 saturated heterocycles. The number of aryl methyl sites for hydroxylation is 2. The number of carbonyl (C=O) groups is 1. The number of benzene rings is 2. The number of phenols is 1. The first kappa shape index (κ1) is 23.6. The number of hydrogen-bond acceptors (Lipinski definition) is 3. The number of phenolic OH excluding ortho intramolecular Hbond substituents is 1. The van der Waals surface area contributed by atoms with E-state index in [0.29, 0.717) is 32.7 Å². The van der Waals surface area contributed by atoms with Crippen LogP contribution in [0.15, 0.2) is 47.4 Å². The van der Waals surface area contributed by atoms with Crippen LogP contribution in [0, 0.1) is 19.7 Å². The maximum atomic E-state index is 13.6. The van der Waals surface area contributed by atoms with Gasteiger partial charge in [0.25, 0.3) is 11.5 Å². The fourth-order valence-electron chi connectivity index (χ4n) is 4.17. The maximum absolute atomic E-state index is 13.6. The summed E-state index contributed by atoms with van der Waals surface area (Å²) >= 11 is 6.56. The molecule has 176 valence electrons. The third-order valence-corrected chi connectivity index (χ3v) is 6.17. The highest BCUT2D eigenvalue weighted by Crippen LogP contribution is 2.36. The van der Waals surface area contributed by atoms with Crippen molar-refractivity contribution < 1.29 is 14.3 Å². The van der Waals surface area contributed by atoms with E-state index in [1.54, 1.807) is 19.2 Å². The van der Waals surface area contributed by atoms with Crippen LogP contribution in [0.25, 0.3) is 22.0 Å². The monoisotopic (exact) mass is 481 g/mol. The fraction of sp³-hybridized carbons (Fsp3) is 0.231. The van der Waals surface area contributed by atoms with Crippen LogP contribution in [-0.4, -0.2) is 20.6 Å². The first-order chi connectivity index (χ1) is 16.1. The smallest absolute Gasteiger partial charge is 0.253 e. The van der Waals surface area contributed by atoms with Crippen LogP contribution in [0.2, 0.25) is 5.02 Å². The van der Waals surface area contributed by atoms with Crippen LogP contribution in [0.1, 0.15) is 47.1 Å². The molecule has 0 atom stereocenters. The van der Waals surface area contributed by atoms with E-state index in [0.717, 1.165) is 16.8 Å². The van der Waals surface area contributed by atoms with E-state index in [1.807, 2.05) is 37.5 Å². The number of nitrogens with one attached hydrogen (secondary N) is 2. The molecule has 0 aliphatic carbocycles. The normalized spacial score (nSPS) is 11.4. The van der Waals surface area contributed by atoms with Crippen LogP contribution >= 0.6 is 11.6 Å². The predicted molar refractivity (Wildman–Crippen MR) is 132 cm³/mol. The Kier molecular flexibility index (Phi) is 6.23. The van der Waals surface area contributed by atoms with Crippen LogP contribution in [-0.2, 0) is 6.54 Å². The number of rotatable bonds is 5. The summed E-state index contributed by atoms with van der Waals surface area (Å²) in [4.78, 5) is 28.5. The molecule has 3 N–H and O–H groups in total. The Labute approximate surface area is 201 Å². The Morgan fingerprint density at radius 3 is 2.56 bits per heavy atom. The second kappa shape index (κ2) is 8.99. The fourth-order valence-corrected chi connectivity index (χ4v) is 4.47. The number of carbonyl (C=O) groups excluding carboxylic acids is 1. The van der Waals surface area contributed by atoms with Crippen molar-refractivity contribution in [2.45, 2.75) is 40.3 Å². The summed E-state index contributed by atoms with van der Waals surface area (Å²) < 4.78 is 15.6. The zero-order chi connectivity index (χ0) is 24.7. The second-order valence-electron chi connectivity index (χ2n) is 8.69. The highest BCUT2D eigenvalue weighted by molar-refractivity contribution is 6.37. The number of aromatic nitrogens is 2. The van der Waals surface area contributed by atoms with Gasteiger partial charge in [-0.15, -0.1) is 0 Å². The zero-order valence-electron chi connectivity index (χ0n) is 19.3. The number of halogens is 2. The average molecular weight is 482 g/mol. The van der Waals surface area contributed by atoms with Crippen LogP contribution in [0.3, 0.4) is 0 Å². The van der Waals surface area contributed by atoms with E-state index >= 15 is 0 Å². The van der Waals surface area contributed by atoms with Gasteiger partial charge in [0.05, 0.1) is 16.1 Å². The summed E-state index contributed by atoms with van der Waals surface area (Å²) in [6.07, 6.45) is 1.77. The van der Waals surface area contributed by atoms with Crippen molar-refractivity contribution in [3.8, 4) is 16.9 Å². The van der Waals surface area contributed by atoms with Crippen molar-refractivity contribution in [3.63, 3.8) is 0 Å². The highest BCUT2D eigenvalue weighted by atomic mass is 35.5. The van der Waals surface area contributed by atoms with Crippen molar-refractivity contribution in [1.29, 1.82) is 0 Å². The van der Waals surface area contributed by atoms with Crippen molar-refractivity contribution in [1.82, 2.24) is 14.9 Å². The average Bonchev–Trinajstić information content (AvgIpc) is 3.11. The molecular formula is C26H25ClFN3O3. The van der Waals surface area contributed by atoms with E-state index in [4.69, 9.17) is 11.6 Å². The Balaban J connectivity index is 1.82. The number of amides is 1. The topological polar surface area (TPSA) is 87.1 Å². The summed E-state index contributed by atoms with van der Waals surface area (Å²) in [7, 11) is 0. The van der Waals surface area contributed by atoms with Crippen molar-refractivity contribution >= 4 is 28.4 Å². The van der Waals surface area contributed by atoms with E-state index in [9.17, 15) is 19.1 Å². The van der Waals surface area contributed by atoms with E-state index < -0.39 is 17.5 Å². The molecule has 0 aliphatic rings. The Morgan fingerprint density at radius 2 is 1.91 bits per heavy atom. The molecule has 6 nitrogen and oxygen atoms in total. The summed E-state index contributed by atoms with van der Waals surface area (Å²) in [5.41, 5.74) is 3.98. The minimum absolute atomic E-state index is 0.0475. The quantitative estimate of drug-likeness (QED) is 0.345. The molecule has 2 aromatic carbocycles. The van der Waals surface area contributed by atoms with E-state index in [2.05, 4.69) is 10.3 Å². The van der Waals surface area contributed by atoms with Gasteiger partial charge in [-0.1, -0.05) is 17.7 Å². The molecule has 34 heavy (non-hydrogen) atoms. The van der Waals surface area contributed by atoms with Crippen LogP contribution in [0.4, 0.5) is 4.39 Å². The number of aromatic hydroxyl groups is 1. The molecule has 0 unspecified atom stereocenters. The lowest BCUT2D eigenvalue weighted by Crippen LogP contribution is -2.28. The summed E-state index contributed by atoms with van der Waals surface area (Å²) in [6.45, 7) is 7.67. The molecule has 2 heterocycles. The lowest BCUT2D eigenvalue weighted by Gasteiger charge is -2.14. The van der Waals surface area contributed by atoms with Gasteiger partial charge in [0.1, 0.15) is 0 Å². The molecule has 0 bridgehead atoms. The molecule has 0 spiro atoms. The standard InChI is InChI=1S/C26H25ClFN3O3/c1-13(2)31-12-20(27)24-18(25(33)29-11-19-14(3)7-15(4)30-26(19)34)8-17(9-22(24)31)16-5-6-21(28)23(32)10-16/h5-10,12-13,32H,11H2,1-4H3,(H,29,33)(H,30,34). The third-order valence-electron chi connectivity index (χ3n) is 5.89. The predicted octanol–water partition coefficient (Wildman–Crippen LogP) is 5.62. The van der Waals surface area contributed by atoms with E-state index in [1.165, 1.54) is 18.2 Å². The van der Waals surface area contributed by atoms with Gasteiger partial charge < -0.3 is 20.0 Å². The highest BCUT2D eigenvalue weighted by Gasteiger charge is 2.20. The lowest BCUT2D eigenvalue weighted by molar-refractivity contribution is 0.0952. The molecule has 0 fully saturated rings. The van der Waals surface area contributed by atoms with Gasteiger partial charge in [0.2, 0.25) is 0 Å². The van der Waals surface area contributed by atoms with Crippen molar-refractivity contribution in [2.75, 3.05) is 0 Å². The number of nitrogens with zero attached hydrogens (tertiary/aromatic N) is 1. The van der Waals surface area contributed by atoms with Crippen LogP contribution < -0.4 is 10.9 Å². The molecule has 4 aromatic rings. The van der Waals surface area contributed by atoms with E-state index in [-0.39, 0.29) is 18.1 Å². The Hall–Kier alpha value is -3.58. The number of hydrogen-bond donors (Lipinski definition) is 3. The maximum Gasteiger partial charge on any atom is 0.253 e. The molecule has 8 heteroatoms. The SMILES string of the molecule is Cc1cc(C)c(CNC(=O)c2cc(-c3ccc(F)c(O)c3)cc3c2c(Cl)cn3C(C)C)c(=O)[nH]1. The summed E-state index contributed by atoms with van der Waals surface area (Å²) in [6, 6.07) is 9.47. The number of fused-ring (bicyclic) bond motifs is 1. The minimum atomic E-state index is -0.727. The third kappa shape index (κ3) is 4.31. The molecule has 4 rings (SSSR count). The zero-order valence-corrected chi connectivity index (χ0v) is 20.0. The lowest BCUT2D eigenvalue weighted by atomic mass is 9.99. The first-order valence-electron chi connectivity index (χ1n) is 10.9. The van der Waals surface area contributed by atoms with Crippen molar-refractivity contribution in [3.05, 3.63) is 86.2 Å². The van der Waals surface area contributed by atoms with Gasteiger partial charge in [-0.2, -0.15) is 0 Å². The number of pyridine rings is 1. The molecule has 0 saturated carbocycles. The molecule has 0 aliphatic heterocycles. The van der Waals surface area contributed by atoms with Gasteiger partial charge in [0, 0.05) is 35.4 Å². The largest absolute Gasteiger partial charge is 0.505 e. The van der Waals surface area contributed by atoms with Crippen molar-refractivity contribution in [2.24, 2.45) is 0 Å². The van der Waals surface area contributed by atoms with Gasteiger partial charge in [-0.25, -0.2) is 4.39 Å². The molecular weight excluding hydrogens is 457 g/mol. The first-order valence-corrected chi connectivity index (χ1v) is 11.2. The van der Waals surface area contributed by atoms with Gasteiger partial charge in [-0.3, -0.25) is 9.59 Å². The second-order valence-corrected chi connectivity index (χ2v) is 9.10. The minimum Gasteiger partial charge on any atom is -0.505 e. The number of aromatic amines is 1. The molecule has 0 radical (unpaired) electrons. The number of H-pyrrole nitrogens is 1. The summed E-state index contributed by atoms with van der Waals surface area (Å²) in [5.74, 6) is -1.61. The summed E-state index contributed by atoms with van der Waals surface area (Å²) in [5, 5.41) is 13.7. The van der Waals surface area contributed by atoms with Crippen LogP contribution in [0.5, 0.6) is 5.75 Å². The Morgan fingerprint density at radius 1 is 1.18 bits per heavy atom. The van der Waals surface area contributed by atoms with Gasteiger partial charge >= 0.3 is 0 Å². The van der Waals surface area contributed by atoms with Gasteiger partial charge in [-0.05, 0) is 74.7 Å². The molecule has 2 aromatic heterocycles.